The molecule has 10 aromatic carbocycles. The number of rotatable bonds is 8. The summed E-state index contributed by atoms with van der Waals surface area (Å²) < 4.78 is 98.9. The molecule has 0 radical (unpaired) electrons. The number of anilines is 1. The quantitative estimate of drug-likeness (QED) is 0.0356. The van der Waals surface area contributed by atoms with Crippen molar-refractivity contribution in [3.8, 4) is 5.75 Å². The number of hydrogen-bond donors (Lipinski definition) is 2. The zero-order valence-corrected chi connectivity index (χ0v) is 83.2. The molecule has 0 aliphatic carbocycles. The molecular weight excluding hydrogens is 2890 g/mol. The second-order valence-corrected chi connectivity index (χ2v) is 34.3. The first-order valence-corrected chi connectivity index (χ1v) is 42.9. The van der Waals surface area contributed by atoms with Crippen LogP contribution in [0.3, 0.4) is 0 Å². The number of H-pyrrole nitrogens is 1. The molecule has 0 amide bonds. The van der Waals surface area contributed by atoms with Crippen LogP contribution in [0.1, 0.15) is 11.1 Å². The number of aromatic amines is 1. The van der Waals surface area contributed by atoms with Crippen LogP contribution in [0.5, 0.6) is 5.75 Å². The molecular formula is C70H49F7I12N12O14. The molecule has 0 bridgehead atoms. The minimum absolute atomic E-state index is 0.102. The first-order valence-electron chi connectivity index (χ1n) is 30.0. The zero-order chi connectivity index (χ0) is 87.0. The van der Waals surface area contributed by atoms with Gasteiger partial charge in [-0.3, -0.25) is 70.8 Å². The van der Waals surface area contributed by atoms with Crippen LogP contribution in [0.25, 0.3) is 0 Å². The van der Waals surface area contributed by atoms with Crippen molar-refractivity contribution in [2.45, 2.75) is 12.4 Å². The largest absolute Gasteiger partial charge is 0.497 e. The summed E-state index contributed by atoms with van der Waals surface area (Å²) in [7, 11) is 1.67. The monoisotopic (exact) mass is 2940 g/mol. The van der Waals surface area contributed by atoms with E-state index in [1.54, 1.807) is 132 Å². The molecule has 12 rings (SSSR count). The average Bonchev–Trinajstić information content (AvgIpc) is 0.990. The molecule has 0 aliphatic heterocycles. The van der Waals surface area contributed by atoms with Crippen LogP contribution in [0.15, 0.2) is 267 Å². The number of aromatic nitrogens is 4. The van der Waals surface area contributed by atoms with Crippen molar-refractivity contribution in [1.29, 1.82) is 0 Å². The number of nitroso groups, excluding NO2 is 1. The van der Waals surface area contributed by atoms with Gasteiger partial charge in [-0.05, 0) is 392 Å². The van der Waals surface area contributed by atoms with Gasteiger partial charge in [0.1, 0.15) is 21.0 Å². The fourth-order valence-corrected chi connectivity index (χ4v) is 11.9. The number of ether oxygens (including phenoxy) is 1. The standard InChI is InChI=1S/2C7H4F3I.C7H7IO.C6H4FI.C6H3IN2O4.C6H3IN2O3.3C6H4INO2.C6H6IN.C4H3IN2.C3H3IN2/c8-7(9,10)5-1-3-6(11)4-2-5;8-7(9,10)5-3-1-2-4-6(5)11;1-9-7-4-2-6(8)3-5-7;7-5-3-1-2-4-6(5)8;7-4-1-5(8(10)11)3-6(2-4)9(12)13;7-5-2-1-4(9(11)12)3-6(5)8-10;7-5-1-3-6(4-2-5)8(9)10;7-5-2-1-3-6(4-5)8(9)10;7-5-3-1-2-4-6(5)8(9)10;7-5-3-1-2-4-6(5)8;5-4-3-6-1-2-7-4;4-3-1-5-6-2-3/h2*1-4H;2-5H,1H3;1-4H;1-3H;1-3H;3*1-4H;1-4H,8H2;1-3H;1-2H,(H,5,6). The summed E-state index contributed by atoms with van der Waals surface area (Å²) in [6, 6.07) is 59.8. The Kier molecular flexibility index (Phi) is 55.2. The molecule has 26 nitrogen and oxygen atoms in total. The van der Waals surface area contributed by atoms with Gasteiger partial charge in [0.05, 0.1) is 73.4 Å². The summed E-state index contributed by atoms with van der Waals surface area (Å²) >= 11 is 24.1. The first kappa shape index (κ1) is 107. The Morgan fingerprint density at radius 1 is 0.409 bits per heavy atom. The Labute approximate surface area is 812 Å². The molecule has 3 N–H and O–H groups in total. The van der Waals surface area contributed by atoms with Gasteiger partial charge in [-0.2, -0.15) is 31.4 Å². The number of halogens is 19. The second-order valence-electron chi connectivity index (χ2n) is 19.9. The third-order valence-corrected chi connectivity index (χ3v) is 21.0. The van der Waals surface area contributed by atoms with Gasteiger partial charge in [-0.1, -0.05) is 54.6 Å². The maximum Gasteiger partial charge on any atom is 0.417 e. The Balaban J connectivity index is 0.000000630. The molecule has 0 unspecified atom stereocenters. The van der Waals surface area contributed by atoms with E-state index in [9.17, 15) is 96.3 Å². The van der Waals surface area contributed by atoms with Crippen LogP contribution in [0.2, 0.25) is 0 Å². The normalized spacial score (nSPS) is 9.70. The highest BCUT2D eigenvalue weighted by molar-refractivity contribution is 14.1. The summed E-state index contributed by atoms with van der Waals surface area (Å²) in [5, 5.41) is 70.4. The molecule has 12 aromatic rings. The van der Waals surface area contributed by atoms with Crippen LogP contribution in [-0.2, 0) is 12.4 Å². The molecule has 0 saturated carbocycles. The van der Waals surface area contributed by atoms with Gasteiger partial charge in [-0.25, -0.2) is 9.37 Å². The number of benzene rings is 10. The van der Waals surface area contributed by atoms with E-state index in [-0.39, 0.29) is 54.1 Å². The molecule has 2 aromatic heterocycles. The van der Waals surface area contributed by atoms with Crippen LogP contribution in [-0.4, -0.2) is 56.8 Å². The van der Waals surface area contributed by atoms with Crippen LogP contribution < -0.4 is 10.5 Å². The van der Waals surface area contributed by atoms with E-state index in [1.165, 1.54) is 88.5 Å². The Hall–Kier alpha value is -5.64. The lowest BCUT2D eigenvalue weighted by atomic mass is 10.2. The molecule has 115 heavy (non-hydrogen) atoms. The van der Waals surface area contributed by atoms with Crippen LogP contribution in [0, 0.1) is 114 Å². The van der Waals surface area contributed by atoms with E-state index in [2.05, 4.69) is 138 Å². The van der Waals surface area contributed by atoms with Gasteiger partial charge in [0.25, 0.3) is 34.1 Å². The molecule has 0 aliphatic rings. The van der Waals surface area contributed by atoms with Gasteiger partial charge in [0, 0.05) is 111 Å². The number of nitro groups is 6. The maximum absolute atomic E-state index is 12.3. The Morgan fingerprint density at radius 3 is 1.19 bits per heavy atom. The van der Waals surface area contributed by atoms with Gasteiger partial charge in [0.15, 0.2) is 0 Å². The summed E-state index contributed by atoms with van der Waals surface area (Å²) in [6.07, 6.45) is 0.188. The van der Waals surface area contributed by atoms with E-state index in [0.29, 0.717) is 14.3 Å². The van der Waals surface area contributed by atoms with Gasteiger partial charge >= 0.3 is 12.4 Å². The van der Waals surface area contributed by atoms with Gasteiger partial charge < -0.3 is 10.5 Å². The van der Waals surface area contributed by atoms with E-state index in [4.69, 9.17) is 10.5 Å². The number of methoxy groups -OCH3 is 1. The van der Waals surface area contributed by atoms with Crippen LogP contribution >= 0.6 is 271 Å². The number of hydrogen-bond acceptors (Lipinski definition) is 19. The lowest BCUT2D eigenvalue weighted by molar-refractivity contribution is -0.394. The highest BCUT2D eigenvalue weighted by Crippen LogP contribution is 2.33. The van der Waals surface area contributed by atoms with Crippen LogP contribution in [0.4, 0.5) is 76.2 Å². The number of nitrogens with zero attached hydrogens (tertiary/aromatic N) is 10. The van der Waals surface area contributed by atoms with Crippen molar-refractivity contribution in [3.63, 3.8) is 0 Å². The summed E-state index contributed by atoms with van der Waals surface area (Å²) in [5.74, 6) is 0.767. The van der Waals surface area contributed by atoms with E-state index >= 15 is 0 Å². The fraction of sp³-hybridized carbons (Fsp3) is 0.0429. The predicted molar refractivity (Wildman–Crippen MR) is 524 cm³/mol. The minimum Gasteiger partial charge on any atom is -0.497 e. The molecule has 0 saturated heterocycles. The van der Waals surface area contributed by atoms with E-state index < -0.39 is 48.1 Å². The smallest absolute Gasteiger partial charge is 0.417 e. The summed E-state index contributed by atoms with van der Waals surface area (Å²) in [5.41, 5.74) is 5.10. The Morgan fingerprint density at radius 2 is 0.861 bits per heavy atom. The topological polar surface area (TPSA) is 378 Å². The highest BCUT2D eigenvalue weighted by atomic mass is 127. The number of non-ortho nitro benzene ring substituents is 5. The number of nitro benzene ring substituents is 6. The molecule has 0 spiro atoms. The lowest BCUT2D eigenvalue weighted by Crippen LogP contribution is -2.06. The molecule has 45 heteroatoms. The molecule has 0 fully saturated rings. The highest BCUT2D eigenvalue weighted by Gasteiger charge is 2.32. The molecule has 0 atom stereocenters. The third kappa shape index (κ3) is 48.9. The predicted octanol–water partition coefficient (Wildman–Crippen LogP) is 26.6. The summed E-state index contributed by atoms with van der Waals surface area (Å²) in [4.78, 5) is 76.1. The van der Waals surface area contributed by atoms with Crippen molar-refractivity contribution in [1.82, 2.24) is 20.2 Å². The van der Waals surface area contributed by atoms with Crippen molar-refractivity contribution < 1.29 is 65.0 Å². The number of para-hydroxylation sites is 2. The number of nitrogens with two attached hydrogens (primary N) is 1. The number of alkyl halides is 6. The summed E-state index contributed by atoms with van der Waals surface area (Å²) in [6.45, 7) is 0. The lowest BCUT2D eigenvalue weighted by Gasteiger charge is -2.07. The number of nitrogens with one attached hydrogen (secondary N) is 1. The minimum atomic E-state index is -4.22. The van der Waals surface area contributed by atoms with Gasteiger partial charge in [-0.15, -0.1) is 4.91 Å². The van der Waals surface area contributed by atoms with E-state index in [1.807, 2.05) is 180 Å². The molecule has 606 valence electrons. The van der Waals surface area contributed by atoms with E-state index in [0.717, 1.165) is 63.3 Å². The number of nitrogen functional groups attached to an aromatic ring is 1. The Bertz CT molecular complexity index is 4900. The van der Waals surface area contributed by atoms with Crippen molar-refractivity contribution >= 4 is 317 Å². The maximum atomic E-state index is 12.3. The SMILES string of the molecule is COc1ccc(I)cc1.FC(F)(F)c1ccc(I)cc1.FC(F)(F)c1ccccc1I.Fc1ccccc1I.Ic1cn[nH]c1.Ic1cnccn1.Nc1ccccc1I.O=Nc1cc([N+](=O)[O-])ccc1I.O=[N+]([O-])c1cc(I)cc([N+](=O)[O-])c1.O=[N+]([O-])c1ccc(I)cc1.O=[N+]([O-])c1cccc(I)c1.O=[N+]([O-])c1ccccc1I. The average molecular weight is 2940 g/mol. The molecule has 2 heterocycles. The third-order valence-electron chi connectivity index (χ3n) is 11.8. The van der Waals surface area contributed by atoms with Crippen molar-refractivity contribution in [2.75, 3.05) is 12.8 Å². The van der Waals surface area contributed by atoms with Gasteiger partial charge in [0.2, 0.25) is 0 Å². The first-order chi connectivity index (χ1) is 54.0. The second kappa shape index (κ2) is 59.1. The van der Waals surface area contributed by atoms with Crippen molar-refractivity contribution in [2.24, 2.45) is 5.18 Å². The fourth-order valence-electron chi connectivity index (χ4n) is 6.54. The van der Waals surface area contributed by atoms with Crippen molar-refractivity contribution in [3.05, 3.63) is 387 Å². The zero-order valence-electron chi connectivity index (χ0n) is 57.3.